The van der Waals surface area contributed by atoms with Crippen molar-refractivity contribution in [3.8, 4) is 0 Å². The molecule has 1 rings (SSSR count). The van der Waals surface area contributed by atoms with Gasteiger partial charge in [-0.1, -0.05) is 37.4 Å². The summed E-state index contributed by atoms with van der Waals surface area (Å²) in [4.78, 5) is 0. The summed E-state index contributed by atoms with van der Waals surface area (Å²) in [5, 5.41) is 17.4. The lowest BCUT2D eigenvalue weighted by Gasteiger charge is -2.30. The van der Waals surface area contributed by atoms with Crippen molar-refractivity contribution in [1.29, 1.82) is 0 Å². The summed E-state index contributed by atoms with van der Waals surface area (Å²) >= 11 is 2.76. The Labute approximate surface area is 153 Å². The van der Waals surface area contributed by atoms with Gasteiger partial charge in [-0.25, -0.2) is 0 Å². The molecule has 1 aliphatic carbocycles. The highest BCUT2D eigenvalue weighted by molar-refractivity contribution is 8.13. The molecule has 0 atom stereocenters. The minimum atomic E-state index is 0. The average Bonchev–Trinajstić information content (AvgIpc) is 2.40. The molecule has 1 fully saturated rings. The maximum Gasteiger partial charge on any atom is 0.180 e. The topological polar surface area (TPSA) is 101 Å². The number of nitrogens with two attached hydrogens (primary N) is 2. The first-order valence-electron chi connectivity index (χ1n) is 6.22. The fraction of sp³-hybridized carbons (Fsp3) is 0.667. The Morgan fingerprint density at radius 2 is 1.27 bits per heavy atom. The molecule has 0 saturated heterocycles. The van der Waals surface area contributed by atoms with Gasteiger partial charge in [-0.15, -0.1) is 35.0 Å². The Bertz CT molecular complexity index is 434. The predicted molar refractivity (Wildman–Crippen MR) is 107 cm³/mol. The number of halogens is 2. The molecule has 1 saturated carbocycles. The zero-order chi connectivity index (χ0) is 15.2. The minimum Gasteiger partial charge on any atom is -0.377 e. The van der Waals surface area contributed by atoms with Crippen molar-refractivity contribution in [3.63, 3.8) is 0 Å². The summed E-state index contributed by atoms with van der Waals surface area (Å²) in [6.07, 6.45) is 6.20. The monoisotopic (exact) mass is 386 g/mol. The highest BCUT2D eigenvalue weighted by Crippen LogP contribution is 2.32. The lowest BCUT2D eigenvalue weighted by Crippen LogP contribution is -2.29. The van der Waals surface area contributed by atoms with E-state index in [2.05, 4.69) is 34.3 Å². The highest BCUT2D eigenvalue weighted by atomic mass is 35.5. The van der Waals surface area contributed by atoms with Gasteiger partial charge in [-0.2, -0.15) is 10.2 Å². The summed E-state index contributed by atoms with van der Waals surface area (Å²) in [7, 11) is 0. The molecule has 0 heterocycles. The quantitative estimate of drug-likeness (QED) is 0.432. The van der Waals surface area contributed by atoms with Gasteiger partial charge in [0.25, 0.3) is 0 Å². The van der Waals surface area contributed by atoms with E-state index in [4.69, 9.17) is 11.5 Å². The minimum absolute atomic E-state index is 0. The largest absolute Gasteiger partial charge is 0.377 e. The Kier molecular flexibility index (Phi) is 12.1. The molecule has 128 valence electrons. The number of hydrogen-bond donors (Lipinski definition) is 2. The SMILES string of the molecule is CSC(N)=NN=C1CC(=NN=C(N)SC)CC(C)(C)C1.Cl.Cl. The molecule has 10 heteroatoms. The second-order valence-electron chi connectivity index (χ2n) is 5.31. The third-order valence-electron chi connectivity index (χ3n) is 2.77. The van der Waals surface area contributed by atoms with Gasteiger partial charge in [0.05, 0.1) is 0 Å². The Balaban J connectivity index is 0. The van der Waals surface area contributed by atoms with E-state index >= 15 is 0 Å². The second-order valence-corrected chi connectivity index (χ2v) is 6.96. The standard InChI is InChI=1S/C12H22N6S2.2ClH/c1-12(2)6-8(15-17-10(13)19-3)5-9(7-12)16-18-11(14)20-4;;/h5-7H2,1-4H3,(H2,13,17)(H2,14,18);2*1H. The van der Waals surface area contributed by atoms with Crippen molar-refractivity contribution < 1.29 is 0 Å². The van der Waals surface area contributed by atoms with Gasteiger partial charge < -0.3 is 11.5 Å². The highest BCUT2D eigenvalue weighted by Gasteiger charge is 2.29. The molecule has 22 heavy (non-hydrogen) atoms. The van der Waals surface area contributed by atoms with E-state index in [-0.39, 0.29) is 30.2 Å². The lowest BCUT2D eigenvalue weighted by molar-refractivity contribution is 0.389. The van der Waals surface area contributed by atoms with E-state index in [0.29, 0.717) is 16.8 Å². The average molecular weight is 387 g/mol. The smallest absolute Gasteiger partial charge is 0.180 e. The van der Waals surface area contributed by atoms with Crippen molar-refractivity contribution >= 4 is 70.1 Å². The van der Waals surface area contributed by atoms with Gasteiger partial charge in [0.15, 0.2) is 10.3 Å². The Morgan fingerprint density at radius 1 is 0.909 bits per heavy atom. The maximum atomic E-state index is 5.64. The van der Waals surface area contributed by atoms with Crippen LogP contribution in [-0.4, -0.2) is 34.3 Å². The van der Waals surface area contributed by atoms with Crippen LogP contribution in [0.4, 0.5) is 0 Å². The predicted octanol–water partition coefficient (Wildman–Crippen LogP) is 3.11. The van der Waals surface area contributed by atoms with Crippen LogP contribution in [0.15, 0.2) is 20.4 Å². The summed E-state index contributed by atoms with van der Waals surface area (Å²) in [6, 6.07) is 0. The van der Waals surface area contributed by atoms with Crippen LogP contribution < -0.4 is 11.5 Å². The molecule has 0 radical (unpaired) electrons. The lowest BCUT2D eigenvalue weighted by atomic mass is 9.75. The van der Waals surface area contributed by atoms with Gasteiger partial charge in [-0.3, -0.25) is 0 Å². The summed E-state index contributed by atoms with van der Waals surface area (Å²) in [6.45, 7) is 4.36. The van der Waals surface area contributed by atoms with Crippen molar-refractivity contribution in [2.24, 2.45) is 37.3 Å². The van der Waals surface area contributed by atoms with E-state index in [1.165, 1.54) is 23.5 Å². The molecule has 0 spiro atoms. The van der Waals surface area contributed by atoms with Crippen LogP contribution in [0.25, 0.3) is 0 Å². The van der Waals surface area contributed by atoms with Crippen LogP contribution in [0.3, 0.4) is 0 Å². The normalized spacial score (nSPS) is 22.2. The molecule has 0 amide bonds. The number of amidine groups is 2. The molecule has 4 N–H and O–H groups in total. The van der Waals surface area contributed by atoms with Gasteiger partial charge in [0.2, 0.25) is 0 Å². The third-order valence-corrected chi connectivity index (χ3v) is 3.77. The number of rotatable bonds is 2. The molecular formula is C12H24Cl2N6S2. The van der Waals surface area contributed by atoms with Gasteiger partial charge in [0.1, 0.15) is 0 Å². The zero-order valence-electron chi connectivity index (χ0n) is 13.2. The fourth-order valence-corrected chi connectivity index (χ4v) is 2.24. The van der Waals surface area contributed by atoms with Gasteiger partial charge >= 0.3 is 0 Å². The molecule has 0 aliphatic heterocycles. The van der Waals surface area contributed by atoms with Crippen LogP contribution in [0, 0.1) is 5.41 Å². The van der Waals surface area contributed by atoms with E-state index in [1.807, 2.05) is 12.5 Å². The molecule has 0 aromatic heterocycles. The van der Waals surface area contributed by atoms with E-state index < -0.39 is 0 Å². The van der Waals surface area contributed by atoms with Crippen molar-refractivity contribution in [2.45, 2.75) is 33.1 Å². The van der Waals surface area contributed by atoms with E-state index in [9.17, 15) is 0 Å². The van der Waals surface area contributed by atoms with Crippen molar-refractivity contribution in [2.75, 3.05) is 12.5 Å². The van der Waals surface area contributed by atoms with Crippen LogP contribution in [0.2, 0.25) is 0 Å². The Hall–Kier alpha value is -0.440. The summed E-state index contributed by atoms with van der Waals surface area (Å²) < 4.78 is 0. The third kappa shape index (κ3) is 8.87. The van der Waals surface area contributed by atoms with Crippen LogP contribution in [0.5, 0.6) is 0 Å². The first kappa shape index (κ1) is 23.8. The number of hydrogen-bond acceptors (Lipinski definition) is 6. The summed E-state index contributed by atoms with van der Waals surface area (Å²) in [5.74, 6) is 0. The first-order valence-corrected chi connectivity index (χ1v) is 8.67. The van der Waals surface area contributed by atoms with E-state index in [0.717, 1.165) is 24.3 Å². The van der Waals surface area contributed by atoms with Crippen LogP contribution in [-0.2, 0) is 0 Å². The molecular weight excluding hydrogens is 363 g/mol. The second kappa shape index (κ2) is 11.2. The molecule has 6 nitrogen and oxygen atoms in total. The number of nitrogens with zero attached hydrogens (tertiary/aromatic N) is 4. The zero-order valence-corrected chi connectivity index (χ0v) is 16.5. The molecule has 0 unspecified atom stereocenters. The Morgan fingerprint density at radius 3 is 1.59 bits per heavy atom. The molecule has 1 aliphatic rings. The summed E-state index contributed by atoms with van der Waals surface area (Å²) in [5.41, 5.74) is 13.3. The van der Waals surface area contributed by atoms with Gasteiger partial charge in [0, 0.05) is 17.8 Å². The van der Waals surface area contributed by atoms with E-state index in [1.54, 1.807) is 0 Å². The molecule has 0 aromatic carbocycles. The molecule has 0 bridgehead atoms. The first-order chi connectivity index (χ1) is 9.36. The van der Waals surface area contributed by atoms with Crippen molar-refractivity contribution in [1.82, 2.24) is 0 Å². The fourth-order valence-electron chi connectivity index (χ4n) is 1.99. The van der Waals surface area contributed by atoms with Crippen molar-refractivity contribution in [3.05, 3.63) is 0 Å². The van der Waals surface area contributed by atoms with Crippen LogP contribution >= 0.6 is 48.3 Å². The maximum absolute atomic E-state index is 5.64. The molecule has 0 aromatic rings. The van der Waals surface area contributed by atoms with Crippen LogP contribution in [0.1, 0.15) is 33.1 Å². The number of thioether (sulfide) groups is 2. The van der Waals surface area contributed by atoms with Gasteiger partial charge in [-0.05, 0) is 30.8 Å².